The Kier molecular flexibility index (Phi) is 4.99. The second-order valence-electron chi connectivity index (χ2n) is 7.61. The Labute approximate surface area is 159 Å². The summed E-state index contributed by atoms with van der Waals surface area (Å²) in [4.78, 5) is 41.9. The van der Waals surface area contributed by atoms with Gasteiger partial charge in [0.1, 0.15) is 17.9 Å². The van der Waals surface area contributed by atoms with Crippen LogP contribution < -0.4 is 10.2 Å². The summed E-state index contributed by atoms with van der Waals surface area (Å²) in [5, 5.41) is 1.85. The molecule has 0 spiro atoms. The second kappa shape index (κ2) is 6.96. The summed E-state index contributed by atoms with van der Waals surface area (Å²) in [6.07, 6.45) is 0. The molecule has 27 heavy (non-hydrogen) atoms. The fourth-order valence-electron chi connectivity index (χ4n) is 4.41. The largest absolute Gasteiger partial charge is 0.461 e. The molecule has 0 aromatic heterocycles. The maximum absolute atomic E-state index is 13.0. The Morgan fingerprint density at radius 1 is 1.19 bits per heavy atom. The molecule has 4 atom stereocenters. The van der Waals surface area contributed by atoms with E-state index in [1.807, 2.05) is 48.6 Å². The molecule has 7 heteroatoms. The number of hydrogen-bond acceptors (Lipinski definition) is 5. The quantitative estimate of drug-likeness (QED) is 0.593. The molecule has 7 nitrogen and oxygen atoms in total. The Hall–Kier alpha value is -2.41. The highest BCUT2D eigenvalue weighted by atomic mass is 16.5. The Balaban J connectivity index is 2.04. The van der Waals surface area contributed by atoms with Crippen LogP contribution in [0.25, 0.3) is 0 Å². The lowest BCUT2D eigenvalue weighted by atomic mass is 9.80. The van der Waals surface area contributed by atoms with Crippen molar-refractivity contribution in [2.45, 2.75) is 32.4 Å². The van der Waals surface area contributed by atoms with Crippen LogP contribution in [-0.2, 0) is 19.1 Å². The predicted molar refractivity (Wildman–Crippen MR) is 99.8 cm³/mol. The van der Waals surface area contributed by atoms with E-state index in [2.05, 4.69) is 0 Å². The van der Waals surface area contributed by atoms with Gasteiger partial charge in [0.2, 0.25) is 17.4 Å². The first-order valence-corrected chi connectivity index (χ1v) is 9.42. The number of esters is 1. The maximum Gasteiger partial charge on any atom is 0.368 e. The van der Waals surface area contributed by atoms with Gasteiger partial charge in [-0.3, -0.25) is 14.5 Å². The van der Waals surface area contributed by atoms with Gasteiger partial charge < -0.3 is 15.0 Å². The number of hydrogen-bond donors (Lipinski definition) is 1. The molecular weight excluding hydrogens is 346 g/mol. The van der Waals surface area contributed by atoms with E-state index >= 15 is 0 Å². The van der Waals surface area contributed by atoms with Crippen molar-refractivity contribution in [1.82, 2.24) is 4.90 Å². The van der Waals surface area contributed by atoms with E-state index in [0.717, 1.165) is 11.3 Å². The van der Waals surface area contributed by atoms with Crippen LogP contribution in [-0.4, -0.2) is 55.5 Å². The average molecular weight is 374 g/mol. The first kappa shape index (κ1) is 19.4. The number of likely N-dealkylation sites (tertiary alicyclic amines) is 1. The molecule has 0 unspecified atom stereocenters. The lowest BCUT2D eigenvalue weighted by molar-refractivity contribution is -0.731. The molecule has 1 aromatic carbocycles. The number of rotatable bonds is 5. The van der Waals surface area contributed by atoms with Crippen LogP contribution in [0.15, 0.2) is 24.3 Å². The van der Waals surface area contributed by atoms with Crippen LogP contribution in [0.2, 0.25) is 0 Å². The minimum Gasteiger partial charge on any atom is -0.461 e. The van der Waals surface area contributed by atoms with E-state index in [1.165, 1.54) is 4.90 Å². The highest BCUT2D eigenvalue weighted by Crippen LogP contribution is 2.44. The zero-order chi connectivity index (χ0) is 19.9. The van der Waals surface area contributed by atoms with Gasteiger partial charge in [0.05, 0.1) is 6.61 Å². The van der Waals surface area contributed by atoms with Gasteiger partial charge in [0.15, 0.2) is 0 Å². The van der Waals surface area contributed by atoms with Crippen molar-refractivity contribution >= 4 is 23.5 Å². The topological polar surface area (TPSA) is 83.5 Å². The number of amides is 2. The van der Waals surface area contributed by atoms with Crippen molar-refractivity contribution in [3.05, 3.63) is 29.8 Å². The number of carbonyl (C=O) groups is 3. The molecule has 2 N–H and O–H groups in total. The van der Waals surface area contributed by atoms with Crippen molar-refractivity contribution in [3.63, 3.8) is 0 Å². The summed E-state index contributed by atoms with van der Waals surface area (Å²) in [5.41, 5.74) is 0.871. The summed E-state index contributed by atoms with van der Waals surface area (Å²) in [5.74, 6) is -2.17. The minimum atomic E-state index is -1.11. The fourth-order valence-corrected chi connectivity index (χ4v) is 4.41. The van der Waals surface area contributed by atoms with Crippen molar-refractivity contribution in [2.24, 2.45) is 11.8 Å². The Morgan fingerprint density at radius 3 is 2.33 bits per heavy atom. The number of nitrogens with zero attached hydrogens (tertiary/aromatic N) is 2. The molecule has 0 aliphatic carbocycles. The van der Waals surface area contributed by atoms with Crippen LogP contribution in [0.3, 0.4) is 0 Å². The molecule has 2 aliphatic heterocycles. The van der Waals surface area contributed by atoms with Gasteiger partial charge in [0, 0.05) is 38.8 Å². The van der Waals surface area contributed by atoms with Crippen LogP contribution in [0.5, 0.6) is 0 Å². The van der Waals surface area contributed by atoms with E-state index in [1.54, 1.807) is 20.8 Å². The monoisotopic (exact) mass is 374 g/mol. The first-order chi connectivity index (χ1) is 12.8. The lowest BCUT2D eigenvalue weighted by Crippen LogP contribution is -2.97. The van der Waals surface area contributed by atoms with Gasteiger partial charge >= 0.3 is 5.97 Å². The summed E-state index contributed by atoms with van der Waals surface area (Å²) in [6, 6.07) is 7.61. The normalized spacial score (nSPS) is 29.8. The van der Waals surface area contributed by atoms with E-state index in [9.17, 15) is 14.4 Å². The molecule has 0 radical (unpaired) electrons. The molecule has 2 amide bonds. The van der Waals surface area contributed by atoms with Crippen LogP contribution in [0.1, 0.15) is 32.4 Å². The van der Waals surface area contributed by atoms with Crippen molar-refractivity contribution < 1.29 is 24.4 Å². The highest BCUT2D eigenvalue weighted by Gasteiger charge is 2.70. The van der Waals surface area contributed by atoms with Gasteiger partial charge in [-0.15, -0.1) is 0 Å². The van der Waals surface area contributed by atoms with Crippen molar-refractivity contribution in [3.8, 4) is 0 Å². The summed E-state index contributed by atoms with van der Waals surface area (Å²) in [7, 11) is 3.92. The second-order valence-corrected chi connectivity index (χ2v) is 7.61. The average Bonchev–Trinajstić information content (AvgIpc) is 3.09. The molecule has 1 aromatic rings. The van der Waals surface area contributed by atoms with Gasteiger partial charge in [-0.2, -0.15) is 0 Å². The number of imide groups is 1. The van der Waals surface area contributed by atoms with Gasteiger partial charge in [-0.1, -0.05) is 12.1 Å². The number of quaternary nitrogens is 1. The molecule has 2 aliphatic rings. The third kappa shape index (κ3) is 2.90. The molecule has 2 saturated heterocycles. The molecule has 0 saturated carbocycles. The minimum absolute atomic E-state index is 0.196. The molecule has 2 fully saturated rings. The third-order valence-corrected chi connectivity index (χ3v) is 5.83. The van der Waals surface area contributed by atoms with Gasteiger partial charge in [0.25, 0.3) is 0 Å². The van der Waals surface area contributed by atoms with E-state index in [-0.39, 0.29) is 24.5 Å². The van der Waals surface area contributed by atoms with Crippen LogP contribution in [0, 0.1) is 11.8 Å². The summed E-state index contributed by atoms with van der Waals surface area (Å²) < 4.78 is 5.27. The van der Waals surface area contributed by atoms with Gasteiger partial charge in [-0.25, -0.2) is 4.79 Å². The standard InChI is InChI=1S/C20H27N3O4/c1-6-23-17(24)14-15(18(23)25)20(3,19(26)27-7-2)21-16(14)12-8-10-13(11-9-12)22(4)5/h8-11,14-16,21H,6-7H2,1-5H3/p+1/t14-,15+,16+,20-/m1/s1. The number of carbonyl (C=O) groups excluding carboxylic acids is 3. The van der Waals surface area contributed by atoms with E-state index in [4.69, 9.17) is 4.74 Å². The van der Waals surface area contributed by atoms with Crippen LogP contribution in [0.4, 0.5) is 5.69 Å². The Bertz CT molecular complexity index is 761. The van der Waals surface area contributed by atoms with Gasteiger partial charge in [-0.05, 0) is 26.0 Å². The zero-order valence-electron chi connectivity index (χ0n) is 16.6. The number of fused-ring (bicyclic) bond motifs is 1. The summed E-state index contributed by atoms with van der Waals surface area (Å²) in [6.45, 7) is 5.80. The van der Waals surface area contributed by atoms with E-state index in [0.29, 0.717) is 6.54 Å². The van der Waals surface area contributed by atoms with Crippen molar-refractivity contribution in [2.75, 3.05) is 32.1 Å². The fraction of sp³-hybridized carbons (Fsp3) is 0.550. The number of benzene rings is 1. The smallest absolute Gasteiger partial charge is 0.368 e. The Morgan fingerprint density at radius 2 is 1.81 bits per heavy atom. The molecule has 0 bridgehead atoms. The molecule has 3 rings (SSSR count). The molecule has 2 heterocycles. The third-order valence-electron chi connectivity index (χ3n) is 5.83. The zero-order valence-corrected chi connectivity index (χ0v) is 16.6. The first-order valence-electron chi connectivity index (χ1n) is 9.42. The number of ether oxygens (including phenoxy) is 1. The summed E-state index contributed by atoms with van der Waals surface area (Å²) >= 11 is 0. The number of anilines is 1. The molecular formula is C20H28N3O4+. The lowest BCUT2D eigenvalue weighted by Gasteiger charge is -2.26. The molecule has 146 valence electrons. The van der Waals surface area contributed by atoms with E-state index < -0.39 is 23.3 Å². The SMILES string of the molecule is CCOC(=O)[C@]1(C)[NH2+][C@@H](c2ccc(N(C)C)cc2)[C@@H]2C(=O)N(CC)C(=O)[C@H]21. The van der Waals surface area contributed by atoms with Crippen LogP contribution >= 0.6 is 0 Å². The predicted octanol–water partition coefficient (Wildman–Crippen LogP) is 0.314. The highest BCUT2D eigenvalue weighted by molar-refractivity contribution is 6.08. The van der Waals surface area contributed by atoms with Crippen molar-refractivity contribution in [1.29, 1.82) is 0 Å². The maximum atomic E-state index is 13.0. The number of nitrogens with two attached hydrogens (primary N) is 1.